The van der Waals surface area contributed by atoms with Crippen LogP contribution in [0.25, 0.3) is 111 Å². The van der Waals surface area contributed by atoms with Gasteiger partial charge in [-0.1, -0.05) is 212 Å². The maximum absolute atomic E-state index is 5.99. The number of hydrogen-bond acceptors (Lipinski definition) is 7. The van der Waals surface area contributed by atoms with Crippen molar-refractivity contribution < 1.29 is 0 Å². The van der Waals surface area contributed by atoms with E-state index < -0.39 is 0 Å². The summed E-state index contributed by atoms with van der Waals surface area (Å²) in [5.74, 6) is 3.05. The zero-order valence-corrected chi connectivity index (χ0v) is 35.5. The molecular weight excluding hydrogens is 818 g/mol. The van der Waals surface area contributed by atoms with Crippen molar-refractivity contribution in [2.45, 2.75) is 0 Å². The van der Waals surface area contributed by atoms with Crippen LogP contribution in [0.2, 0.25) is 5.28 Å². The maximum Gasteiger partial charge on any atom is 0.226 e. The molecule has 0 N–H and O–H groups in total. The Morgan fingerprint density at radius 3 is 1.02 bits per heavy atom. The molecule has 0 atom stereocenters. The lowest BCUT2D eigenvalue weighted by Crippen LogP contribution is -2.00. The second-order valence-electron chi connectivity index (χ2n) is 15.4. The molecule has 0 spiro atoms. The fraction of sp³-hybridized carbons (Fsp3) is 0. The summed E-state index contributed by atoms with van der Waals surface area (Å²) in [6.45, 7) is 0. The van der Waals surface area contributed by atoms with Gasteiger partial charge < -0.3 is 0 Å². The fourth-order valence-corrected chi connectivity index (χ4v) is 8.50. The molecule has 306 valence electrons. The minimum atomic E-state index is 0.202. The average Bonchev–Trinajstić information content (AvgIpc) is 3.39. The van der Waals surface area contributed by atoms with Crippen LogP contribution in [-0.4, -0.2) is 34.9 Å². The van der Waals surface area contributed by atoms with Crippen LogP contribution in [0, 0.1) is 0 Å². The quantitative estimate of drug-likeness (QED) is 0.154. The van der Waals surface area contributed by atoms with E-state index in [0.717, 1.165) is 50.0 Å². The van der Waals surface area contributed by atoms with Crippen molar-refractivity contribution in [1.82, 2.24) is 34.9 Å². The highest BCUT2D eigenvalue weighted by Crippen LogP contribution is 2.43. The molecule has 0 aliphatic rings. The number of pyridine rings is 1. The summed E-state index contributed by atoms with van der Waals surface area (Å²) in [4.78, 5) is 33.1. The molecule has 3 aromatic heterocycles. The number of halogens is 1. The first-order valence-corrected chi connectivity index (χ1v) is 21.6. The topological polar surface area (TPSA) is 90.2 Å². The van der Waals surface area contributed by atoms with Gasteiger partial charge in [-0.25, -0.2) is 24.9 Å². The van der Waals surface area contributed by atoms with Crippen LogP contribution in [0.1, 0.15) is 0 Å². The summed E-state index contributed by atoms with van der Waals surface area (Å²) in [5.41, 5.74) is 7.56. The molecule has 0 unspecified atom stereocenters. The van der Waals surface area contributed by atoms with E-state index in [1.807, 2.05) is 127 Å². The molecule has 0 radical (unpaired) electrons. The number of rotatable bonds is 6. The molecule has 9 aromatic carbocycles. The lowest BCUT2D eigenvalue weighted by Gasteiger charge is -2.17. The first-order valence-electron chi connectivity index (χ1n) is 21.3. The smallest absolute Gasteiger partial charge is 0.226 e. The molecule has 0 bridgehead atoms. The lowest BCUT2D eigenvalue weighted by atomic mass is 9.89. The summed E-state index contributed by atoms with van der Waals surface area (Å²) < 4.78 is 0. The molecule has 12 rings (SSSR count). The zero-order chi connectivity index (χ0) is 43.5. The van der Waals surface area contributed by atoms with Gasteiger partial charge in [0.25, 0.3) is 0 Å². The standard InChI is InChI=1S/C42H26N4.C15H10ClN3/c1-4-14-27(15-5-1)39-38-34-23-13-11-21-32(34)31-20-10-12-22-33(31)37(38)35-25-24-30(26-36(35)43-39)42-45-40(28-16-6-2-7-17-28)44-41(46-42)29-18-8-3-9-19-29;16-15-18-13(11-7-3-1-4-8-11)17-14(19-15)12-9-5-2-6-10-12/h1-26H;1-10H. The van der Waals surface area contributed by atoms with E-state index in [-0.39, 0.29) is 5.28 Å². The van der Waals surface area contributed by atoms with Gasteiger partial charge in [-0.05, 0) is 39.2 Å². The third-order valence-electron chi connectivity index (χ3n) is 11.3. The summed E-state index contributed by atoms with van der Waals surface area (Å²) >= 11 is 5.99. The Bertz CT molecular complexity index is 3530. The van der Waals surface area contributed by atoms with E-state index in [4.69, 9.17) is 31.5 Å². The molecule has 0 fully saturated rings. The number of nitrogens with zero attached hydrogens (tertiary/aromatic N) is 7. The summed E-state index contributed by atoms with van der Waals surface area (Å²) in [5, 5.41) is 8.55. The van der Waals surface area contributed by atoms with Crippen molar-refractivity contribution in [3.8, 4) is 68.2 Å². The van der Waals surface area contributed by atoms with Gasteiger partial charge in [-0.2, -0.15) is 9.97 Å². The molecule has 7 nitrogen and oxygen atoms in total. The van der Waals surface area contributed by atoms with Crippen LogP contribution in [0.4, 0.5) is 0 Å². The van der Waals surface area contributed by atoms with Crippen molar-refractivity contribution in [2.75, 3.05) is 0 Å². The highest BCUT2D eigenvalue weighted by molar-refractivity contribution is 6.33. The van der Waals surface area contributed by atoms with Crippen LogP contribution in [-0.2, 0) is 0 Å². The largest absolute Gasteiger partial charge is 0.247 e. The van der Waals surface area contributed by atoms with E-state index in [2.05, 4.69) is 106 Å². The van der Waals surface area contributed by atoms with Gasteiger partial charge in [0, 0.05) is 49.5 Å². The van der Waals surface area contributed by atoms with Gasteiger partial charge in [0.15, 0.2) is 29.1 Å². The van der Waals surface area contributed by atoms with Crippen LogP contribution in [0.3, 0.4) is 0 Å². The molecule has 8 heteroatoms. The van der Waals surface area contributed by atoms with E-state index in [0.29, 0.717) is 29.1 Å². The molecule has 0 saturated carbocycles. The highest BCUT2D eigenvalue weighted by atomic mass is 35.5. The van der Waals surface area contributed by atoms with E-state index in [9.17, 15) is 0 Å². The fourth-order valence-electron chi connectivity index (χ4n) is 8.34. The monoisotopic (exact) mass is 853 g/mol. The Kier molecular flexibility index (Phi) is 10.5. The lowest BCUT2D eigenvalue weighted by molar-refractivity contribution is 1.07. The zero-order valence-electron chi connectivity index (χ0n) is 34.8. The molecule has 12 aromatic rings. The Balaban J connectivity index is 0.000000206. The van der Waals surface area contributed by atoms with E-state index in [1.165, 1.54) is 32.3 Å². The van der Waals surface area contributed by atoms with Crippen LogP contribution in [0.5, 0.6) is 0 Å². The van der Waals surface area contributed by atoms with Crippen molar-refractivity contribution in [1.29, 1.82) is 0 Å². The Hall–Kier alpha value is -8.52. The number of benzene rings is 9. The predicted octanol–water partition coefficient (Wildman–Crippen LogP) is 14.4. The normalized spacial score (nSPS) is 11.2. The van der Waals surface area contributed by atoms with Gasteiger partial charge in [0.05, 0.1) is 11.2 Å². The van der Waals surface area contributed by atoms with Gasteiger partial charge in [-0.15, -0.1) is 0 Å². The van der Waals surface area contributed by atoms with Crippen LogP contribution < -0.4 is 0 Å². The molecule has 65 heavy (non-hydrogen) atoms. The minimum absolute atomic E-state index is 0.202. The molecule has 0 aliphatic heterocycles. The van der Waals surface area contributed by atoms with Gasteiger partial charge in [-0.3, -0.25) is 0 Å². The molecular formula is C57H36ClN7. The summed E-state index contributed by atoms with van der Waals surface area (Å²) in [6, 6.07) is 73.9. The number of fused-ring (bicyclic) bond motifs is 8. The third-order valence-corrected chi connectivity index (χ3v) is 11.5. The minimum Gasteiger partial charge on any atom is -0.247 e. The number of aromatic nitrogens is 7. The van der Waals surface area contributed by atoms with Gasteiger partial charge in [0.2, 0.25) is 5.28 Å². The van der Waals surface area contributed by atoms with E-state index in [1.54, 1.807) is 0 Å². The molecule has 0 aliphatic carbocycles. The first kappa shape index (κ1) is 39.3. The summed E-state index contributed by atoms with van der Waals surface area (Å²) in [7, 11) is 0. The predicted molar refractivity (Wildman–Crippen MR) is 265 cm³/mol. The third kappa shape index (κ3) is 7.82. The first-order chi connectivity index (χ1) is 32.1. The second kappa shape index (κ2) is 17.3. The van der Waals surface area contributed by atoms with Crippen LogP contribution in [0.15, 0.2) is 218 Å². The Morgan fingerprint density at radius 2 is 0.585 bits per heavy atom. The molecule has 0 saturated heterocycles. The van der Waals surface area contributed by atoms with Crippen molar-refractivity contribution in [3.63, 3.8) is 0 Å². The molecule has 0 amide bonds. The highest BCUT2D eigenvalue weighted by Gasteiger charge is 2.19. The second-order valence-corrected chi connectivity index (χ2v) is 15.8. The summed E-state index contributed by atoms with van der Waals surface area (Å²) in [6.07, 6.45) is 0. The SMILES string of the molecule is Clc1nc(-c2ccccc2)nc(-c2ccccc2)n1.c1ccc(-c2nc(-c3ccccc3)nc(-c3ccc4c(c3)nc(-c3ccccc3)c3c5ccccc5c5ccccc5c43)n2)cc1. The molecule has 3 heterocycles. The van der Waals surface area contributed by atoms with E-state index >= 15 is 0 Å². The van der Waals surface area contributed by atoms with Crippen molar-refractivity contribution >= 4 is 54.8 Å². The van der Waals surface area contributed by atoms with Crippen molar-refractivity contribution in [2.24, 2.45) is 0 Å². The van der Waals surface area contributed by atoms with Crippen LogP contribution >= 0.6 is 11.6 Å². The maximum atomic E-state index is 5.99. The Labute approximate surface area is 379 Å². The Morgan fingerprint density at radius 1 is 0.246 bits per heavy atom. The van der Waals surface area contributed by atoms with Gasteiger partial charge in [0.1, 0.15) is 0 Å². The average molecular weight is 854 g/mol. The van der Waals surface area contributed by atoms with Gasteiger partial charge >= 0.3 is 0 Å². The number of hydrogen-bond donors (Lipinski definition) is 0. The van der Waals surface area contributed by atoms with Crippen molar-refractivity contribution in [3.05, 3.63) is 224 Å².